The molecule has 0 saturated carbocycles. The van der Waals surface area contributed by atoms with Crippen molar-refractivity contribution in [3.63, 3.8) is 0 Å². The van der Waals surface area contributed by atoms with Crippen molar-refractivity contribution in [1.82, 2.24) is 10.4 Å². The third-order valence-electron chi connectivity index (χ3n) is 6.11. The molecule has 39 heavy (non-hydrogen) atoms. The third-order valence-corrected chi connectivity index (χ3v) is 7.17. The van der Waals surface area contributed by atoms with Crippen molar-refractivity contribution in [3.8, 4) is 11.5 Å². The van der Waals surface area contributed by atoms with E-state index in [0.29, 0.717) is 23.9 Å². The zero-order valence-corrected chi connectivity index (χ0v) is 25.5. The Morgan fingerprint density at radius 2 is 1.82 bits per heavy atom. The number of nitrogens with zero attached hydrogens (tertiary/aromatic N) is 3. The highest BCUT2D eigenvalue weighted by Gasteiger charge is 2.11. The van der Waals surface area contributed by atoms with E-state index in [9.17, 15) is 0 Å². The van der Waals surface area contributed by atoms with Crippen molar-refractivity contribution >= 4 is 60.5 Å². The van der Waals surface area contributed by atoms with Gasteiger partial charge in [0.25, 0.3) is 0 Å². The van der Waals surface area contributed by atoms with Crippen LogP contribution in [-0.2, 0) is 0 Å². The number of benzene rings is 3. The first kappa shape index (κ1) is 28.8. The van der Waals surface area contributed by atoms with Crippen molar-refractivity contribution in [2.75, 3.05) is 13.7 Å². The summed E-state index contributed by atoms with van der Waals surface area (Å²) in [6.07, 6.45) is 6.36. The van der Waals surface area contributed by atoms with Gasteiger partial charge in [-0.15, -0.1) is 0 Å². The summed E-state index contributed by atoms with van der Waals surface area (Å²) in [5.74, 6) is 1.94. The van der Waals surface area contributed by atoms with Crippen LogP contribution in [0.25, 0.3) is 10.9 Å². The molecule has 0 aliphatic heterocycles. The number of hydrazone groups is 1. The van der Waals surface area contributed by atoms with Gasteiger partial charge in [-0.2, -0.15) is 5.10 Å². The van der Waals surface area contributed by atoms with Crippen LogP contribution >= 0.6 is 31.9 Å². The van der Waals surface area contributed by atoms with Crippen molar-refractivity contribution in [2.45, 2.75) is 39.5 Å². The number of halogens is 2. The van der Waals surface area contributed by atoms with Gasteiger partial charge in [0.2, 0.25) is 0 Å². The van der Waals surface area contributed by atoms with Gasteiger partial charge in [0, 0.05) is 14.3 Å². The Hall–Kier alpha value is -3.23. The highest BCUT2D eigenvalue weighted by molar-refractivity contribution is 9.11. The predicted octanol–water partition coefficient (Wildman–Crippen LogP) is 8.74. The molecular formula is C31H32Br2N4O2. The number of nitrogens with one attached hydrogen (secondary N) is 1. The molecule has 1 heterocycles. The Bertz CT molecular complexity index is 1460. The number of methoxy groups -OCH3 is 1. The van der Waals surface area contributed by atoms with E-state index in [1.807, 2.05) is 73.7 Å². The van der Waals surface area contributed by atoms with Gasteiger partial charge in [-0.3, -0.25) is 5.43 Å². The van der Waals surface area contributed by atoms with E-state index in [2.05, 4.69) is 49.3 Å². The van der Waals surface area contributed by atoms with Crippen molar-refractivity contribution in [1.29, 1.82) is 0 Å². The quantitative estimate of drug-likeness (QED) is 0.0762. The van der Waals surface area contributed by atoms with Crippen molar-refractivity contribution < 1.29 is 9.47 Å². The lowest BCUT2D eigenvalue weighted by atomic mass is 10.2. The molecule has 0 saturated heterocycles. The molecule has 0 spiro atoms. The molecule has 6 nitrogen and oxygen atoms in total. The normalized spacial score (nSPS) is 11.8. The van der Waals surface area contributed by atoms with Crippen LogP contribution in [0.1, 0.15) is 49.4 Å². The average Bonchev–Trinajstić information content (AvgIpc) is 2.94. The number of ether oxygens (including phenoxy) is 2. The Morgan fingerprint density at radius 1 is 0.974 bits per heavy atom. The number of hydrogen-bond donors (Lipinski definition) is 1. The Kier molecular flexibility index (Phi) is 10.5. The smallest absolute Gasteiger partial charge is 0.173 e. The minimum absolute atomic E-state index is 0.530. The van der Waals surface area contributed by atoms with Gasteiger partial charge in [0.05, 0.1) is 31.1 Å². The highest BCUT2D eigenvalue weighted by Crippen LogP contribution is 2.33. The second-order valence-corrected chi connectivity index (χ2v) is 10.9. The van der Waals surface area contributed by atoms with Crippen molar-refractivity contribution in [2.24, 2.45) is 10.1 Å². The second kappa shape index (κ2) is 14.2. The molecule has 0 fully saturated rings. The monoisotopic (exact) mass is 650 g/mol. The van der Waals surface area contributed by atoms with Gasteiger partial charge in [-0.05, 0) is 82.9 Å². The lowest BCUT2D eigenvalue weighted by Gasteiger charge is -2.11. The number of amidine groups is 1. The number of rotatable bonds is 11. The fourth-order valence-corrected chi connectivity index (χ4v) is 5.58. The number of aryl methyl sites for hydroxylation is 1. The second-order valence-electron chi connectivity index (χ2n) is 9.09. The minimum atomic E-state index is 0.530. The van der Waals surface area contributed by atoms with Gasteiger partial charge in [-0.1, -0.05) is 66.4 Å². The first-order chi connectivity index (χ1) is 19.0. The van der Waals surface area contributed by atoms with E-state index in [-0.39, 0.29) is 0 Å². The maximum Gasteiger partial charge on any atom is 0.173 e. The number of fused-ring (bicyclic) bond motifs is 1. The number of para-hydroxylation sites is 1. The van der Waals surface area contributed by atoms with Crippen LogP contribution in [-0.4, -0.2) is 30.8 Å². The number of unbranched alkanes of at least 4 members (excludes halogenated alkanes) is 3. The molecule has 0 radical (unpaired) electrons. The Labute approximate surface area is 246 Å². The zero-order valence-electron chi connectivity index (χ0n) is 22.4. The molecular weight excluding hydrogens is 620 g/mol. The molecule has 0 amide bonds. The Balaban J connectivity index is 1.59. The van der Waals surface area contributed by atoms with E-state index in [0.717, 1.165) is 48.8 Å². The van der Waals surface area contributed by atoms with Crippen LogP contribution in [0.4, 0.5) is 5.69 Å². The topological polar surface area (TPSA) is 68.1 Å². The fraction of sp³-hybridized carbons (Fsp3) is 0.258. The van der Waals surface area contributed by atoms with Gasteiger partial charge < -0.3 is 9.47 Å². The summed E-state index contributed by atoms with van der Waals surface area (Å²) in [5.41, 5.74) is 7.37. The molecule has 1 aromatic heterocycles. The molecule has 0 aliphatic rings. The van der Waals surface area contributed by atoms with Gasteiger partial charge in [0.1, 0.15) is 5.69 Å². The summed E-state index contributed by atoms with van der Waals surface area (Å²) in [6, 6.07) is 21.8. The fourth-order valence-electron chi connectivity index (χ4n) is 4.05. The minimum Gasteiger partial charge on any atom is -0.493 e. The standard InChI is InChI=1S/C31H32Br2N4O2/c1-4-5-6-9-16-39-28-15-12-22(18-29(28)38-3)20-34-37-31(36-30-21(2)17-24(32)19-25(30)33)27-14-13-23-10-7-8-11-26(23)35-27/h7-8,10-15,17-20H,4-6,9,16H2,1-3H3,(H,36,37). The lowest BCUT2D eigenvalue weighted by molar-refractivity contribution is 0.285. The van der Waals surface area contributed by atoms with Crippen molar-refractivity contribution in [3.05, 3.63) is 92.5 Å². The molecule has 4 aromatic rings. The molecule has 3 aromatic carbocycles. The van der Waals surface area contributed by atoms with Gasteiger partial charge in [0.15, 0.2) is 17.3 Å². The highest BCUT2D eigenvalue weighted by atomic mass is 79.9. The number of aliphatic imine (C=N–C) groups is 1. The summed E-state index contributed by atoms with van der Waals surface area (Å²) in [5, 5.41) is 5.57. The van der Waals surface area contributed by atoms with Crippen LogP contribution in [0.15, 0.2) is 85.8 Å². The summed E-state index contributed by atoms with van der Waals surface area (Å²) in [7, 11) is 1.65. The molecule has 0 bridgehead atoms. The average molecular weight is 652 g/mol. The Morgan fingerprint density at radius 3 is 2.62 bits per heavy atom. The zero-order chi connectivity index (χ0) is 27.6. The molecule has 8 heteroatoms. The molecule has 0 unspecified atom stereocenters. The third kappa shape index (κ3) is 7.90. The van der Waals surface area contributed by atoms with Gasteiger partial charge in [-0.25, -0.2) is 9.98 Å². The molecule has 4 rings (SSSR count). The first-order valence-corrected chi connectivity index (χ1v) is 14.6. The van der Waals surface area contributed by atoms with E-state index in [1.54, 1.807) is 13.3 Å². The van der Waals surface area contributed by atoms with Gasteiger partial charge >= 0.3 is 0 Å². The van der Waals surface area contributed by atoms with Crippen LogP contribution < -0.4 is 14.9 Å². The maximum atomic E-state index is 5.94. The lowest BCUT2D eigenvalue weighted by Crippen LogP contribution is -2.20. The number of aromatic nitrogens is 1. The van der Waals surface area contributed by atoms with E-state index >= 15 is 0 Å². The van der Waals surface area contributed by atoms with E-state index in [4.69, 9.17) is 19.5 Å². The first-order valence-electron chi connectivity index (χ1n) is 13.0. The maximum absolute atomic E-state index is 5.94. The molecule has 1 N–H and O–H groups in total. The number of pyridine rings is 1. The van der Waals surface area contributed by atoms with Crippen LogP contribution in [0.5, 0.6) is 11.5 Å². The molecule has 0 aliphatic carbocycles. The van der Waals surface area contributed by atoms with Crippen LogP contribution in [0, 0.1) is 6.92 Å². The van der Waals surface area contributed by atoms with E-state index < -0.39 is 0 Å². The summed E-state index contributed by atoms with van der Waals surface area (Å²) in [6.45, 7) is 4.89. The predicted molar refractivity (Wildman–Crippen MR) is 168 cm³/mol. The largest absolute Gasteiger partial charge is 0.493 e. The summed E-state index contributed by atoms with van der Waals surface area (Å²) >= 11 is 7.19. The molecule has 202 valence electrons. The van der Waals surface area contributed by atoms with Crippen LogP contribution in [0.2, 0.25) is 0 Å². The SMILES string of the molecule is CCCCCCOc1ccc(C=NNC(=Nc2c(C)cc(Br)cc2Br)c2ccc3ccccc3n2)cc1OC. The van der Waals surface area contributed by atoms with Crippen LogP contribution in [0.3, 0.4) is 0 Å². The number of hydrogen-bond acceptors (Lipinski definition) is 5. The summed E-state index contributed by atoms with van der Waals surface area (Å²) in [4.78, 5) is 9.76. The molecule has 0 atom stereocenters. The summed E-state index contributed by atoms with van der Waals surface area (Å²) < 4.78 is 13.4. The van der Waals surface area contributed by atoms with E-state index in [1.165, 1.54) is 19.3 Å².